The lowest BCUT2D eigenvalue weighted by molar-refractivity contribution is -0.141. The van der Waals surface area contributed by atoms with Crippen LogP contribution in [0, 0.1) is 0 Å². The summed E-state index contributed by atoms with van der Waals surface area (Å²) in [6.07, 6.45) is 8.43. The van der Waals surface area contributed by atoms with E-state index in [9.17, 15) is 9.59 Å². The molecule has 0 spiro atoms. The predicted octanol–water partition coefficient (Wildman–Crippen LogP) is 1.86. The Morgan fingerprint density at radius 1 is 1.00 bits per heavy atom. The summed E-state index contributed by atoms with van der Waals surface area (Å²) >= 11 is 0. The number of nitrogens with zero attached hydrogens (tertiary/aromatic N) is 3. The first-order valence-electron chi connectivity index (χ1n) is 9.52. The summed E-state index contributed by atoms with van der Waals surface area (Å²) in [5.41, 5.74) is 0. The van der Waals surface area contributed by atoms with Crippen LogP contribution in [-0.4, -0.2) is 71.3 Å². The van der Waals surface area contributed by atoms with Crippen molar-refractivity contribution in [3.8, 4) is 0 Å². The summed E-state index contributed by atoms with van der Waals surface area (Å²) in [7, 11) is 0. The monoisotopic (exact) mass is 321 g/mol. The fourth-order valence-corrected chi connectivity index (χ4v) is 4.64. The molecule has 0 aromatic heterocycles. The largest absolute Gasteiger partial charge is 0.337 e. The second-order valence-corrected chi connectivity index (χ2v) is 7.26. The van der Waals surface area contributed by atoms with Gasteiger partial charge in [-0.3, -0.25) is 14.5 Å². The van der Waals surface area contributed by atoms with Crippen LogP contribution in [0.4, 0.5) is 0 Å². The van der Waals surface area contributed by atoms with Gasteiger partial charge in [0.15, 0.2) is 0 Å². The van der Waals surface area contributed by atoms with Crippen molar-refractivity contribution in [2.24, 2.45) is 0 Å². The molecule has 0 aliphatic carbocycles. The third kappa shape index (κ3) is 3.70. The first-order chi connectivity index (χ1) is 11.2. The molecule has 23 heavy (non-hydrogen) atoms. The van der Waals surface area contributed by atoms with Crippen molar-refractivity contribution in [3.63, 3.8) is 0 Å². The van der Waals surface area contributed by atoms with Crippen LogP contribution in [0.2, 0.25) is 0 Å². The fraction of sp³-hybridized carbons (Fsp3) is 0.889. The van der Waals surface area contributed by atoms with Gasteiger partial charge >= 0.3 is 0 Å². The molecule has 0 aromatic rings. The minimum absolute atomic E-state index is 0.169. The summed E-state index contributed by atoms with van der Waals surface area (Å²) in [5, 5.41) is 0. The van der Waals surface area contributed by atoms with E-state index in [-0.39, 0.29) is 11.8 Å². The number of likely N-dealkylation sites (N-methyl/N-ethyl adjacent to an activating group) is 1. The predicted molar refractivity (Wildman–Crippen MR) is 90.1 cm³/mol. The molecule has 2 atom stereocenters. The van der Waals surface area contributed by atoms with Crippen molar-refractivity contribution in [2.75, 3.05) is 32.7 Å². The minimum atomic E-state index is 0.169. The van der Waals surface area contributed by atoms with Crippen molar-refractivity contribution < 1.29 is 9.59 Å². The highest BCUT2D eigenvalue weighted by atomic mass is 16.2. The van der Waals surface area contributed by atoms with Crippen LogP contribution in [0.5, 0.6) is 0 Å². The zero-order chi connectivity index (χ0) is 16.2. The maximum absolute atomic E-state index is 12.8. The van der Waals surface area contributed by atoms with Gasteiger partial charge in [-0.25, -0.2) is 0 Å². The summed E-state index contributed by atoms with van der Waals surface area (Å²) in [6, 6.07) is 0.901. The van der Waals surface area contributed by atoms with E-state index in [4.69, 9.17) is 0 Å². The standard InChI is InChI=1S/C18H31N3O2/c1-2-19-12-6-8-15(19)16-9-7-13-21(16)18(23)14-20-11-5-3-4-10-17(20)22/h15-16H,2-14H2,1H3/t15-,16+/m1/s1. The zero-order valence-corrected chi connectivity index (χ0v) is 14.5. The highest BCUT2D eigenvalue weighted by Gasteiger charge is 2.39. The first-order valence-corrected chi connectivity index (χ1v) is 9.52. The van der Waals surface area contributed by atoms with E-state index in [1.807, 2.05) is 0 Å². The van der Waals surface area contributed by atoms with Gasteiger partial charge in [0.2, 0.25) is 11.8 Å². The van der Waals surface area contributed by atoms with E-state index < -0.39 is 0 Å². The average molecular weight is 321 g/mol. The van der Waals surface area contributed by atoms with Crippen molar-refractivity contribution in [2.45, 2.75) is 70.4 Å². The lowest BCUT2D eigenvalue weighted by Crippen LogP contribution is -2.51. The van der Waals surface area contributed by atoms with Gasteiger partial charge in [-0.1, -0.05) is 13.3 Å². The molecule has 3 fully saturated rings. The van der Waals surface area contributed by atoms with Crippen molar-refractivity contribution in [1.82, 2.24) is 14.7 Å². The molecule has 3 saturated heterocycles. The minimum Gasteiger partial charge on any atom is -0.337 e. The summed E-state index contributed by atoms with van der Waals surface area (Å²) in [6.45, 7) is 6.40. The number of hydrogen-bond donors (Lipinski definition) is 0. The number of amides is 2. The zero-order valence-electron chi connectivity index (χ0n) is 14.5. The Morgan fingerprint density at radius 3 is 2.61 bits per heavy atom. The van der Waals surface area contributed by atoms with Crippen LogP contribution in [0.15, 0.2) is 0 Å². The van der Waals surface area contributed by atoms with Gasteiger partial charge < -0.3 is 9.80 Å². The molecule has 0 radical (unpaired) electrons. The Balaban J connectivity index is 1.62. The van der Waals surface area contributed by atoms with Gasteiger partial charge in [0.05, 0.1) is 6.54 Å². The highest BCUT2D eigenvalue weighted by molar-refractivity contribution is 5.85. The lowest BCUT2D eigenvalue weighted by Gasteiger charge is -2.35. The molecule has 0 aromatic carbocycles. The molecule has 3 heterocycles. The highest BCUT2D eigenvalue weighted by Crippen LogP contribution is 2.30. The first kappa shape index (κ1) is 16.7. The van der Waals surface area contributed by atoms with E-state index >= 15 is 0 Å². The number of rotatable bonds is 4. The van der Waals surface area contributed by atoms with E-state index in [0.717, 1.165) is 51.7 Å². The van der Waals surface area contributed by atoms with Gasteiger partial charge in [-0.2, -0.15) is 0 Å². The summed E-state index contributed by atoms with van der Waals surface area (Å²) < 4.78 is 0. The fourth-order valence-electron chi connectivity index (χ4n) is 4.64. The molecule has 2 amide bonds. The van der Waals surface area contributed by atoms with Crippen LogP contribution in [0.1, 0.15) is 58.3 Å². The Labute approximate surface area is 140 Å². The van der Waals surface area contributed by atoms with Gasteiger partial charge in [0, 0.05) is 31.6 Å². The van der Waals surface area contributed by atoms with Crippen LogP contribution >= 0.6 is 0 Å². The molecule has 5 nitrogen and oxygen atoms in total. The second-order valence-electron chi connectivity index (χ2n) is 7.26. The number of carbonyl (C=O) groups is 2. The summed E-state index contributed by atoms with van der Waals surface area (Å²) in [4.78, 5) is 31.4. The van der Waals surface area contributed by atoms with Crippen LogP contribution in [0.3, 0.4) is 0 Å². The van der Waals surface area contributed by atoms with E-state index in [2.05, 4.69) is 16.7 Å². The topological polar surface area (TPSA) is 43.9 Å². The van der Waals surface area contributed by atoms with Crippen molar-refractivity contribution in [1.29, 1.82) is 0 Å². The Bertz CT molecular complexity index is 440. The molecule has 3 rings (SSSR count). The van der Waals surface area contributed by atoms with E-state index in [1.165, 1.54) is 19.4 Å². The van der Waals surface area contributed by atoms with Crippen molar-refractivity contribution >= 4 is 11.8 Å². The molecule has 0 unspecified atom stereocenters. The van der Waals surface area contributed by atoms with Crippen LogP contribution in [0.25, 0.3) is 0 Å². The molecule has 5 heteroatoms. The van der Waals surface area contributed by atoms with Gasteiger partial charge in [0.25, 0.3) is 0 Å². The second kappa shape index (κ2) is 7.65. The number of hydrogen-bond acceptors (Lipinski definition) is 3. The summed E-state index contributed by atoms with van der Waals surface area (Å²) in [5.74, 6) is 0.341. The Morgan fingerprint density at radius 2 is 1.78 bits per heavy atom. The van der Waals surface area contributed by atoms with Gasteiger partial charge in [-0.15, -0.1) is 0 Å². The molecular formula is C18H31N3O2. The SMILES string of the molecule is CCN1CCC[C@@H]1[C@@H]1CCCN1C(=O)CN1CCCCCC1=O. The third-order valence-corrected chi connectivity index (χ3v) is 5.88. The lowest BCUT2D eigenvalue weighted by atomic mass is 10.0. The maximum atomic E-state index is 12.8. The molecule has 3 aliphatic rings. The van der Waals surface area contributed by atoms with Crippen molar-refractivity contribution in [3.05, 3.63) is 0 Å². The normalized spacial score (nSPS) is 30.0. The molecule has 3 aliphatic heterocycles. The Kier molecular flexibility index (Phi) is 5.57. The Hall–Kier alpha value is -1.10. The van der Waals surface area contributed by atoms with Gasteiger partial charge in [-0.05, 0) is 51.6 Å². The molecule has 0 N–H and O–H groups in total. The molecule has 0 saturated carbocycles. The number of likely N-dealkylation sites (tertiary alicyclic amines) is 3. The average Bonchev–Trinajstić information content (AvgIpc) is 3.16. The third-order valence-electron chi connectivity index (χ3n) is 5.88. The van der Waals surface area contributed by atoms with Crippen LogP contribution in [-0.2, 0) is 9.59 Å². The molecule has 130 valence electrons. The van der Waals surface area contributed by atoms with Crippen LogP contribution < -0.4 is 0 Å². The number of carbonyl (C=O) groups excluding carboxylic acids is 2. The smallest absolute Gasteiger partial charge is 0.242 e. The quantitative estimate of drug-likeness (QED) is 0.794. The molecule has 0 bridgehead atoms. The van der Waals surface area contributed by atoms with Gasteiger partial charge in [0.1, 0.15) is 0 Å². The van der Waals surface area contributed by atoms with E-state index in [0.29, 0.717) is 25.0 Å². The molecular weight excluding hydrogens is 290 g/mol. The maximum Gasteiger partial charge on any atom is 0.242 e. The van der Waals surface area contributed by atoms with E-state index in [1.54, 1.807) is 4.90 Å².